The first-order chi connectivity index (χ1) is 19.9. The topological polar surface area (TPSA) is 194 Å². The van der Waals surface area contributed by atoms with Crippen molar-refractivity contribution in [3.8, 4) is 0 Å². The van der Waals surface area contributed by atoms with Crippen molar-refractivity contribution in [3.05, 3.63) is 0 Å². The van der Waals surface area contributed by atoms with Gasteiger partial charge in [-0.15, -0.1) is 0 Å². The summed E-state index contributed by atoms with van der Waals surface area (Å²) < 4.78 is 28.4. The number of hydrogen-bond acceptors (Lipinski definition) is 7. The Kier molecular flexibility index (Phi) is 30.1. The van der Waals surface area contributed by atoms with Crippen LogP contribution >= 0.6 is 15.6 Å². The van der Waals surface area contributed by atoms with Gasteiger partial charge in [0.25, 0.3) is 0 Å². The fraction of sp³-hybridized carbons (Fsp3) is 1.00. The van der Waals surface area contributed by atoms with E-state index in [2.05, 4.69) is 18.2 Å². The van der Waals surface area contributed by atoms with E-state index >= 15 is 0 Å². The number of aliphatic hydroxyl groups is 3. The Bertz CT molecular complexity index is 638. The highest BCUT2D eigenvalue weighted by molar-refractivity contribution is 7.60. The molecule has 0 aromatic rings. The molecule has 7 N–H and O–H groups in total. The molecule has 0 bridgehead atoms. The monoisotopic (exact) mass is 650 g/mol. The van der Waals surface area contributed by atoms with E-state index in [0.29, 0.717) is 6.61 Å². The first-order valence-electron chi connectivity index (χ1n) is 16.2. The van der Waals surface area contributed by atoms with Crippen molar-refractivity contribution in [2.75, 3.05) is 26.4 Å². The highest BCUT2D eigenvalue weighted by Crippen LogP contribution is 2.53. The number of rotatable bonds is 29. The van der Waals surface area contributed by atoms with E-state index in [-0.39, 0.29) is 25.9 Å². The maximum absolute atomic E-state index is 9.89. The second kappa shape index (κ2) is 28.6. The zero-order valence-corrected chi connectivity index (χ0v) is 28.2. The molecule has 0 radical (unpaired) electrons. The molecule has 0 aliphatic carbocycles. The lowest BCUT2D eigenvalue weighted by molar-refractivity contribution is -0.117. The third-order valence-corrected chi connectivity index (χ3v) is 9.18. The van der Waals surface area contributed by atoms with Crippen LogP contribution in [0, 0.1) is 5.41 Å². The minimum absolute atomic E-state index is 0.236. The fourth-order valence-corrected chi connectivity index (χ4v) is 5.90. The SMILES string of the molecule is CCCCCCCCCCCCOC(CCCCCCCCCCCC)C(CO)(CO)CO.O=P(O)(O)OP(=O)(O)O. The molecular weight excluding hydrogens is 586 g/mol. The van der Waals surface area contributed by atoms with Crippen LogP contribution in [0.2, 0.25) is 0 Å². The summed E-state index contributed by atoms with van der Waals surface area (Å²) in [5, 5.41) is 29.7. The van der Waals surface area contributed by atoms with Crippen LogP contribution < -0.4 is 0 Å². The maximum Gasteiger partial charge on any atom is 0.478 e. The Morgan fingerprint density at radius 3 is 1.12 bits per heavy atom. The molecule has 0 spiro atoms. The molecule has 0 aromatic carbocycles. The second-order valence-corrected chi connectivity index (χ2v) is 14.0. The molecule has 42 heavy (non-hydrogen) atoms. The van der Waals surface area contributed by atoms with E-state index in [0.717, 1.165) is 25.7 Å². The van der Waals surface area contributed by atoms with E-state index in [4.69, 9.17) is 24.3 Å². The molecule has 0 saturated heterocycles. The van der Waals surface area contributed by atoms with E-state index in [1.807, 2.05) is 0 Å². The van der Waals surface area contributed by atoms with Crippen molar-refractivity contribution in [3.63, 3.8) is 0 Å². The van der Waals surface area contributed by atoms with E-state index < -0.39 is 21.1 Å². The number of unbranched alkanes of at least 4 members (excludes halogenated alkanes) is 18. The standard InChI is InChI=1S/C29H60O4.H4O7P2/c1-3-5-7-9-11-13-15-17-19-21-23-28(29(25-30,26-31)27-32)33-24-22-20-18-16-14-12-10-8-6-4-2;1-8(2,3)7-9(4,5)6/h28,30-32H,3-27H2,1-2H3;(H2,1,2,3)(H2,4,5,6). The van der Waals surface area contributed by atoms with Gasteiger partial charge in [-0.05, 0) is 12.8 Å². The first kappa shape index (κ1) is 44.2. The van der Waals surface area contributed by atoms with Crippen molar-refractivity contribution in [2.24, 2.45) is 5.41 Å². The molecule has 0 aliphatic rings. The van der Waals surface area contributed by atoms with Gasteiger partial charge in [0.05, 0.1) is 31.3 Å². The quantitative estimate of drug-likeness (QED) is 0.0334. The third kappa shape index (κ3) is 28.8. The van der Waals surface area contributed by atoms with Gasteiger partial charge in [-0.1, -0.05) is 136 Å². The Hall–Kier alpha value is 0.100. The Labute approximate surface area is 255 Å². The zero-order valence-electron chi connectivity index (χ0n) is 26.4. The summed E-state index contributed by atoms with van der Waals surface area (Å²) in [6, 6.07) is 0. The molecule has 0 aliphatic heterocycles. The minimum Gasteiger partial charge on any atom is -0.396 e. The number of hydrogen-bond donors (Lipinski definition) is 7. The summed E-state index contributed by atoms with van der Waals surface area (Å²) in [7, 11) is -10.1. The van der Waals surface area contributed by atoms with E-state index in [9.17, 15) is 24.4 Å². The van der Waals surface area contributed by atoms with Crippen molar-refractivity contribution >= 4 is 15.6 Å². The number of ether oxygens (including phenoxy) is 1. The molecule has 13 heteroatoms. The Morgan fingerprint density at radius 2 is 0.833 bits per heavy atom. The molecule has 1 atom stereocenters. The maximum atomic E-state index is 9.89. The largest absolute Gasteiger partial charge is 0.478 e. The van der Waals surface area contributed by atoms with Gasteiger partial charge in [-0.2, -0.15) is 4.31 Å². The van der Waals surface area contributed by atoms with Gasteiger partial charge < -0.3 is 39.6 Å². The van der Waals surface area contributed by atoms with Crippen molar-refractivity contribution in [1.82, 2.24) is 0 Å². The van der Waals surface area contributed by atoms with Gasteiger partial charge in [-0.3, -0.25) is 0 Å². The van der Waals surface area contributed by atoms with Gasteiger partial charge in [0.15, 0.2) is 0 Å². The number of phosphoric acid groups is 2. The van der Waals surface area contributed by atoms with Gasteiger partial charge >= 0.3 is 15.6 Å². The molecule has 0 aromatic heterocycles. The molecule has 0 amide bonds. The third-order valence-electron chi connectivity index (χ3n) is 7.48. The lowest BCUT2D eigenvalue weighted by atomic mass is 9.81. The summed E-state index contributed by atoms with van der Waals surface area (Å²) in [5.41, 5.74) is -0.933. The normalized spacial score (nSPS) is 13.2. The average Bonchev–Trinajstić information content (AvgIpc) is 2.91. The Morgan fingerprint density at radius 1 is 0.524 bits per heavy atom. The van der Waals surface area contributed by atoms with Crippen LogP contribution in [0.15, 0.2) is 0 Å². The van der Waals surface area contributed by atoms with Crippen LogP contribution in [0.4, 0.5) is 0 Å². The predicted molar refractivity (Wildman–Crippen MR) is 167 cm³/mol. The summed E-state index contributed by atoms with van der Waals surface area (Å²) in [6.45, 7) is 4.46. The fourth-order valence-electron chi connectivity index (χ4n) is 4.79. The van der Waals surface area contributed by atoms with E-state index in [1.54, 1.807) is 0 Å². The molecule has 0 fully saturated rings. The molecule has 256 valence electrons. The molecule has 0 rings (SSSR count). The van der Waals surface area contributed by atoms with Crippen LogP contribution in [-0.4, -0.2) is 67.4 Å². The highest BCUT2D eigenvalue weighted by atomic mass is 31.3. The average molecular weight is 651 g/mol. The predicted octanol–water partition coefficient (Wildman–Crippen LogP) is 6.76. The molecule has 0 saturated carbocycles. The van der Waals surface area contributed by atoms with Gasteiger partial charge in [-0.25, -0.2) is 9.13 Å². The molecule has 11 nitrogen and oxygen atoms in total. The molecule has 1 unspecified atom stereocenters. The van der Waals surface area contributed by atoms with Crippen molar-refractivity contribution in [2.45, 2.75) is 155 Å². The minimum atomic E-state index is -5.05. The lowest BCUT2D eigenvalue weighted by Crippen LogP contribution is -2.46. The van der Waals surface area contributed by atoms with Gasteiger partial charge in [0.2, 0.25) is 0 Å². The Balaban J connectivity index is 0. The van der Waals surface area contributed by atoms with Crippen molar-refractivity contribution in [1.29, 1.82) is 0 Å². The second-order valence-electron chi connectivity index (χ2n) is 11.4. The van der Waals surface area contributed by atoms with Gasteiger partial charge in [0.1, 0.15) is 0 Å². The first-order valence-corrected chi connectivity index (χ1v) is 19.2. The molecular formula is C29H64O11P2. The summed E-state index contributed by atoms with van der Waals surface area (Å²) in [4.78, 5) is 31.0. The van der Waals surface area contributed by atoms with Crippen LogP contribution in [0.25, 0.3) is 0 Å². The van der Waals surface area contributed by atoms with Crippen LogP contribution in [0.5, 0.6) is 0 Å². The van der Waals surface area contributed by atoms with E-state index in [1.165, 1.54) is 109 Å². The summed E-state index contributed by atoms with van der Waals surface area (Å²) >= 11 is 0. The van der Waals surface area contributed by atoms with Crippen molar-refractivity contribution < 1.29 is 53.1 Å². The summed E-state index contributed by atoms with van der Waals surface area (Å²) in [5.74, 6) is 0. The van der Waals surface area contributed by atoms with Crippen LogP contribution in [0.1, 0.15) is 149 Å². The lowest BCUT2D eigenvalue weighted by Gasteiger charge is -2.36. The highest BCUT2D eigenvalue weighted by Gasteiger charge is 2.38. The number of aliphatic hydroxyl groups excluding tert-OH is 3. The summed E-state index contributed by atoms with van der Waals surface area (Å²) in [6.07, 6.45) is 26.2. The zero-order chi connectivity index (χ0) is 32.2. The molecule has 0 heterocycles. The van der Waals surface area contributed by atoms with Crippen LogP contribution in [0.3, 0.4) is 0 Å². The smallest absolute Gasteiger partial charge is 0.396 e. The van der Waals surface area contributed by atoms with Crippen LogP contribution in [-0.2, 0) is 18.2 Å². The van der Waals surface area contributed by atoms with Gasteiger partial charge in [0, 0.05) is 6.61 Å².